The van der Waals surface area contributed by atoms with E-state index >= 15 is 0 Å². The normalized spacial score (nSPS) is 18.4. The first-order valence-corrected chi connectivity index (χ1v) is 5.26. The van der Waals surface area contributed by atoms with Gasteiger partial charge in [-0.3, -0.25) is 9.48 Å². The van der Waals surface area contributed by atoms with Crippen molar-refractivity contribution >= 4 is 30.7 Å². The molecule has 0 spiro atoms. The first kappa shape index (κ1) is 16.2. The number of likely N-dealkylation sites (tertiary alicyclic amines) is 1. The van der Waals surface area contributed by atoms with Crippen LogP contribution in [0, 0.1) is 0 Å². The van der Waals surface area contributed by atoms with Crippen LogP contribution >= 0.6 is 24.8 Å². The van der Waals surface area contributed by atoms with Gasteiger partial charge in [-0.25, -0.2) is 0 Å². The molecule has 0 bridgehead atoms. The number of carbonyl (C=O) groups is 1. The third-order valence-corrected chi connectivity index (χ3v) is 2.69. The third kappa shape index (κ3) is 4.53. The fourth-order valence-corrected chi connectivity index (χ4v) is 1.81. The smallest absolute Gasteiger partial charge is 0.224 e. The molecule has 0 aromatic carbocycles. The topological polar surface area (TPSA) is 64.2 Å². The highest BCUT2D eigenvalue weighted by Crippen LogP contribution is 2.08. The van der Waals surface area contributed by atoms with E-state index in [2.05, 4.69) is 5.10 Å². The second-order valence-corrected chi connectivity index (χ2v) is 3.91. The maximum absolute atomic E-state index is 11.7. The molecule has 5 nitrogen and oxygen atoms in total. The zero-order chi connectivity index (χ0) is 10.7. The summed E-state index contributed by atoms with van der Waals surface area (Å²) >= 11 is 0. The van der Waals surface area contributed by atoms with Crippen LogP contribution in [-0.2, 0) is 11.3 Å². The molecule has 98 valence electrons. The van der Waals surface area contributed by atoms with Gasteiger partial charge in [-0.1, -0.05) is 0 Å². The first-order valence-electron chi connectivity index (χ1n) is 5.26. The lowest BCUT2D eigenvalue weighted by Gasteiger charge is -2.15. The van der Waals surface area contributed by atoms with Gasteiger partial charge in [0.15, 0.2) is 0 Å². The molecular formula is C10H18Cl2N4O. The van der Waals surface area contributed by atoms with Crippen LogP contribution in [0.5, 0.6) is 0 Å². The van der Waals surface area contributed by atoms with Gasteiger partial charge in [0.05, 0.1) is 0 Å². The number of hydrogen-bond donors (Lipinski definition) is 1. The van der Waals surface area contributed by atoms with Crippen molar-refractivity contribution in [2.45, 2.75) is 25.4 Å². The minimum absolute atomic E-state index is 0. The number of nitrogens with zero attached hydrogens (tertiary/aromatic N) is 3. The Bertz CT molecular complexity index is 331. The van der Waals surface area contributed by atoms with Crippen molar-refractivity contribution in [2.75, 3.05) is 13.1 Å². The fraction of sp³-hybridized carbons (Fsp3) is 0.600. The van der Waals surface area contributed by atoms with Crippen LogP contribution in [0.1, 0.15) is 12.8 Å². The summed E-state index contributed by atoms with van der Waals surface area (Å²) in [5, 5.41) is 4.05. The second-order valence-electron chi connectivity index (χ2n) is 3.91. The van der Waals surface area contributed by atoms with Gasteiger partial charge < -0.3 is 10.6 Å². The predicted octanol–water partition coefficient (Wildman–Crippen LogP) is 0.676. The molecule has 17 heavy (non-hydrogen) atoms. The summed E-state index contributed by atoms with van der Waals surface area (Å²) in [6.45, 7) is 2.16. The molecule has 1 unspecified atom stereocenters. The van der Waals surface area contributed by atoms with E-state index in [4.69, 9.17) is 5.73 Å². The van der Waals surface area contributed by atoms with Gasteiger partial charge >= 0.3 is 0 Å². The summed E-state index contributed by atoms with van der Waals surface area (Å²) in [6, 6.07) is 2.02. The number of amides is 1. The van der Waals surface area contributed by atoms with Gasteiger partial charge in [-0.15, -0.1) is 24.8 Å². The van der Waals surface area contributed by atoms with Crippen molar-refractivity contribution < 1.29 is 4.79 Å². The van der Waals surface area contributed by atoms with Gasteiger partial charge in [-0.2, -0.15) is 5.10 Å². The average Bonchev–Trinajstić information content (AvgIpc) is 2.84. The van der Waals surface area contributed by atoms with E-state index in [1.165, 1.54) is 0 Å². The predicted molar refractivity (Wildman–Crippen MR) is 70.5 cm³/mol. The van der Waals surface area contributed by atoms with Crippen molar-refractivity contribution in [3.8, 4) is 0 Å². The SMILES string of the molecule is Cl.Cl.NC1CCN(C(=O)CCn2cccn2)C1. The molecule has 1 aliphatic rings. The minimum Gasteiger partial charge on any atom is -0.341 e. The van der Waals surface area contributed by atoms with E-state index in [0.717, 1.165) is 13.0 Å². The number of nitrogens with two attached hydrogens (primary N) is 1. The van der Waals surface area contributed by atoms with Crippen LogP contribution in [0.2, 0.25) is 0 Å². The monoisotopic (exact) mass is 280 g/mol. The molecule has 7 heteroatoms. The molecular weight excluding hydrogens is 263 g/mol. The van der Waals surface area contributed by atoms with Crippen molar-refractivity contribution in [1.29, 1.82) is 0 Å². The number of rotatable bonds is 3. The molecule has 0 radical (unpaired) electrons. The van der Waals surface area contributed by atoms with E-state index in [9.17, 15) is 4.79 Å². The minimum atomic E-state index is 0. The number of aromatic nitrogens is 2. The highest BCUT2D eigenvalue weighted by molar-refractivity contribution is 5.85. The van der Waals surface area contributed by atoms with Crippen LogP contribution in [0.25, 0.3) is 0 Å². The second kappa shape index (κ2) is 7.53. The largest absolute Gasteiger partial charge is 0.341 e. The molecule has 1 fully saturated rings. The molecule has 2 rings (SSSR count). The van der Waals surface area contributed by atoms with Crippen molar-refractivity contribution in [2.24, 2.45) is 5.73 Å². The summed E-state index contributed by atoms with van der Waals surface area (Å²) in [4.78, 5) is 13.6. The molecule has 2 N–H and O–H groups in total. The summed E-state index contributed by atoms with van der Waals surface area (Å²) in [5.74, 6) is 0.179. The van der Waals surface area contributed by atoms with Crippen LogP contribution < -0.4 is 5.73 Å². The number of carbonyl (C=O) groups excluding carboxylic acids is 1. The standard InChI is InChI=1S/C10H16N4O.2ClH/c11-9-2-6-13(8-9)10(15)3-7-14-5-1-4-12-14;;/h1,4-5,9H,2-3,6-8,11H2;2*1H. The Morgan fingerprint density at radius 2 is 2.24 bits per heavy atom. The molecule has 2 heterocycles. The van der Waals surface area contributed by atoms with E-state index in [0.29, 0.717) is 19.5 Å². The van der Waals surface area contributed by atoms with Gasteiger partial charge in [-0.05, 0) is 12.5 Å². The zero-order valence-corrected chi connectivity index (χ0v) is 11.1. The fourth-order valence-electron chi connectivity index (χ4n) is 1.81. The summed E-state index contributed by atoms with van der Waals surface area (Å²) in [6.07, 6.45) is 5.02. The maximum atomic E-state index is 11.7. The van der Waals surface area contributed by atoms with Gasteiger partial charge in [0.25, 0.3) is 0 Å². The number of aryl methyl sites for hydroxylation is 1. The van der Waals surface area contributed by atoms with E-state index in [1.54, 1.807) is 10.9 Å². The molecule has 1 atom stereocenters. The van der Waals surface area contributed by atoms with Crippen LogP contribution in [-0.4, -0.2) is 39.7 Å². The Morgan fingerprint density at radius 3 is 2.76 bits per heavy atom. The van der Waals surface area contributed by atoms with E-state index in [1.807, 2.05) is 17.2 Å². The first-order chi connectivity index (χ1) is 7.25. The summed E-state index contributed by atoms with van der Waals surface area (Å²) in [7, 11) is 0. The highest BCUT2D eigenvalue weighted by Gasteiger charge is 2.22. The molecule has 0 aliphatic carbocycles. The van der Waals surface area contributed by atoms with Crippen LogP contribution in [0.15, 0.2) is 18.5 Å². The van der Waals surface area contributed by atoms with E-state index in [-0.39, 0.29) is 36.8 Å². The molecule has 1 saturated heterocycles. The Hall–Kier alpha value is -0.780. The lowest BCUT2D eigenvalue weighted by Crippen LogP contribution is -2.32. The zero-order valence-electron chi connectivity index (χ0n) is 9.49. The number of halogens is 2. The lowest BCUT2D eigenvalue weighted by atomic mass is 10.3. The average molecular weight is 281 g/mol. The molecule has 1 aliphatic heterocycles. The molecule has 1 aromatic rings. The van der Waals surface area contributed by atoms with E-state index < -0.39 is 0 Å². The molecule has 1 amide bonds. The Morgan fingerprint density at radius 1 is 1.47 bits per heavy atom. The highest BCUT2D eigenvalue weighted by atomic mass is 35.5. The van der Waals surface area contributed by atoms with Crippen LogP contribution in [0.3, 0.4) is 0 Å². The summed E-state index contributed by atoms with van der Waals surface area (Å²) < 4.78 is 1.77. The Kier molecular flexibility index (Phi) is 7.18. The van der Waals surface area contributed by atoms with Gasteiger partial charge in [0, 0.05) is 44.5 Å². The molecule has 1 aromatic heterocycles. The Balaban J connectivity index is 0.00000128. The van der Waals surface area contributed by atoms with Gasteiger partial charge in [0.2, 0.25) is 5.91 Å². The van der Waals surface area contributed by atoms with Gasteiger partial charge in [0.1, 0.15) is 0 Å². The van der Waals surface area contributed by atoms with Crippen molar-refractivity contribution in [1.82, 2.24) is 14.7 Å². The lowest BCUT2D eigenvalue weighted by molar-refractivity contribution is -0.130. The quantitative estimate of drug-likeness (QED) is 0.886. The van der Waals surface area contributed by atoms with Crippen molar-refractivity contribution in [3.63, 3.8) is 0 Å². The maximum Gasteiger partial charge on any atom is 0.224 e. The van der Waals surface area contributed by atoms with Crippen molar-refractivity contribution in [3.05, 3.63) is 18.5 Å². The summed E-state index contributed by atoms with van der Waals surface area (Å²) in [5.41, 5.74) is 5.74. The Labute approximate surface area is 113 Å². The van der Waals surface area contributed by atoms with Crippen LogP contribution in [0.4, 0.5) is 0 Å². The molecule has 0 saturated carbocycles. The third-order valence-electron chi connectivity index (χ3n) is 2.69. The number of hydrogen-bond acceptors (Lipinski definition) is 3.